The van der Waals surface area contributed by atoms with E-state index < -0.39 is 15.2 Å². The second-order valence-electron chi connectivity index (χ2n) is 7.21. The first-order valence-electron chi connectivity index (χ1n) is 9.07. The molecule has 4 rings (SSSR count). The molecule has 0 spiro atoms. The van der Waals surface area contributed by atoms with Crippen LogP contribution in [-0.2, 0) is 27.5 Å². The summed E-state index contributed by atoms with van der Waals surface area (Å²) in [6, 6.07) is 12.1. The standard InChI is InChI=1S/C20H20ClN3O3S/c21-16-3-5-17(6-4-16)28(26,27)20(22)15-9-12-1-2-13(10-14(12)11-15)18-7-8-19(25)24-23-18/h1-6,10,15,20H,7-9,11,22H2,(H,24,25). The van der Waals surface area contributed by atoms with Gasteiger partial charge in [0.05, 0.1) is 10.6 Å². The first-order chi connectivity index (χ1) is 13.3. The van der Waals surface area contributed by atoms with Gasteiger partial charge in [0, 0.05) is 17.9 Å². The van der Waals surface area contributed by atoms with Crippen LogP contribution in [0.5, 0.6) is 0 Å². The maximum Gasteiger partial charge on any atom is 0.240 e. The molecule has 0 saturated heterocycles. The van der Waals surface area contributed by atoms with Gasteiger partial charge in [-0.3, -0.25) is 4.79 Å². The molecule has 8 heteroatoms. The number of nitrogens with two attached hydrogens (primary N) is 1. The summed E-state index contributed by atoms with van der Waals surface area (Å²) >= 11 is 5.86. The van der Waals surface area contributed by atoms with Crippen LogP contribution in [0.3, 0.4) is 0 Å². The number of nitrogens with one attached hydrogen (secondary N) is 1. The minimum absolute atomic E-state index is 0.0802. The van der Waals surface area contributed by atoms with Gasteiger partial charge in [-0.05, 0) is 65.8 Å². The van der Waals surface area contributed by atoms with Crippen molar-refractivity contribution in [2.45, 2.75) is 36.0 Å². The number of carbonyl (C=O) groups excluding carboxylic acids is 1. The fraction of sp³-hybridized carbons (Fsp3) is 0.300. The van der Waals surface area contributed by atoms with Gasteiger partial charge in [-0.15, -0.1) is 0 Å². The lowest BCUT2D eigenvalue weighted by Crippen LogP contribution is -2.38. The molecule has 2 aromatic rings. The van der Waals surface area contributed by atoms with Crippen LogP contribution in [0.15, 0.2) is 52.5 Å². The van der Waals surface area contributed by atoms with Crippen LogP contribution in [0.2, 0.25) is 5.02 Å². The minimum Gasteiger partial charge on any atom is -0.315 e. The van der Waals surface area contributed by atoms with Crippen molar-refractivity contribution in [3.8, 4) is 0 Å². The lowest BCUT2D eigenvalue weighted by molar-refractivity contribution is -0.121. The van der Waals surface area contributed by atoms with E-state index in [1.807, 2.05) is 18.2 Å². The van der Waals surface area contributed by atoms with E-state index >= 15 is 0 Å². The van der Waals surface area contributed by atoms with Crippen molar-refractivity contribution in [1.29, 1.82) is 0 Å². The molecular weight excluding hydrogens is 398 g/mol. The quantitative estimate of drug-likeness (QED) is 0.797. The van der Waals surface area contributed by atoms with E-state index in [0.717, 1.165) is 22.4 Å². The Morgan fingerprint density at radius 3 is 2.46 bits per heavy atom. The molecule has 2 atom stereocenters. The van der Waals surface area contributed by atoms with Gasteiger partial charge < -0.3 is 5.73 Å². The Hall–Kier alpha value is -2.22. The van der Waals surface area contributed by atoms with Crippen LogP contribution in [0.1, 0.15) is 29.5 Å². The molecule has 0 fully saturated rings. The Morgan fingerprint density at radius 1 is 1.07 bits per heavy atom. The zero-order valence-corrected chi connectivity index (χ0v) is 16.6. The lowest BCUT2D eigenvalue weighted by atomic mass is 10.00. The lowest BCUT2D eigenvalue weighted by Gasteiger charge is -2.19. The Kier molecular flexibility index (Phi) is 4.99. The van der Waals surface area contributed by atoms with E-state index in [-0.39, 0.29) is 16.7 Å². The van der Waals surface area contributed by atoms with Crippen molar-refractivity contribution in [3.63, 3.8) is 0 Å². The average molecular weight is 418 g/mol. The summed E-state index contributed by atoms with van der Waals surface area (Å²) in [5.74, 6) is -0.276. The van der Waals surface area contributed by atoms with Crippen molar-refractivity contribution < 1.29 is 13.2 Å². The minimum atomic E-state index is -3.65. The molecule has 28 heavy (non-hydrogen) atoms. The average Bonchev–Trinajstić information content (AvgIpc) is 3.11. The molecule has 1 aliphatic heterocycles. The third-order valence-corrected chi connectivity index (χ3v) is 7.66. The van der Waals surface area contributed by atoms with Crippen molar-refractivity contribution >= 4 is 33.1 Å². The van der Waals surface area contributed by atoms with Gasteiger partial charge >= 0.3 is 0 Å². The molecule has 0 bridgehead atoms. The number of amides is 1. The van der Waals surface area contributed by atoms with Crippen molar-refractivity contribution in [2.24, 2.45) is 16.8 Å². The fourth-order valence-corrected chi connectivity index (χ4v) is 5.44. The molecule has 2 aromatic carbocycles. The maximum absolute atomic E-state index is 12.9. The van der Waals surface area contributed by atoms with E-state index in [1.54, 1.807) is 12.1 Å². The van der Waals surface area contributed by atoms with Gasteiger partial charge in [-0.2, -0.15) is 5.10 Å². The number of carbonyl (C=O) groups is 1. The highest BCUT2D eigenvalue weighted by Crippen LogP contribution is 2.33. The van der Waals surface area contributed by atoms with E-state index in [4.69, 9.17) is 17.3 Å². The molecule has 3 N–H and O–H groups in total. The Labute approximate surface area is 168 Å². The molecule has 0 saturated carbocycles. The number of halogens is 1. The van der Waals surface area contributed by atoms with Gasteiger partial charge in [0.25, 0.3) is 0 Å². The summed E-state index contributed by atoms with van der Waals surface area (Å²) in [5.41, 5.74) is 12.7. The highest BCUT2D eigenvalue weighted by molar-refractivity contribution is 7.92. The zero-order chi connectivity index (χ0) is 19.9. The molecule has 2 unspecified atom stereocenters. The number of fused-ring (bicyclic) bond motifs is 1. The van der Waals surface area contributed by atoms with Gasteiger partial charge in [-0.1, -0.05) is 23.7 Å². The second-order valence-corrected chi connectivity index (χ2v) is 9.75. The van der Waals surface area contributed by atoms with Crippen LogP contribution in [0.25, 0.3) is 0 Å². The first-order valence-corrected chi connectivity index (χ1v) is 11.0. The number of nitrogens with zero attached hydrogens (tertiary/aromatic N) is 1. The molecule has 146 valence electrons. The van der Waals surface area contributed by atoms with Crippen LogP contribution < -0.4 is 11.2 Å². The van der Waals surface area contributed by atoms with Crippen molar-refractivity contribution in [1.82, 2.24) is 5.43 Å². The number of sulfone groups is 1. The van der Waals surface area contributed by atoms with E-state index in [2.05, 4.69) is 10.5 Å². The fourth-order valence-electron chi connectivity index (χ4n) is 3.78. The molecule has 1 heterocycles. The maximum atomic E-state index is 12.9. The Balaban J connectivity index is 1.54. The second kappa shape index (κ2) is 7.31. The van der Waals surface area contributed by atoms with E-state index in [9.17, 15) is 13.2 Å². The topological polar surface area (TPSA) is 102 Å². The van der Waals surface area contributed by atoms with Gasteiger partial charge in [-0.25, -0.2) is 13.8 Å². The Morgan fingerprint density at radius 2 is 1.79 bits per heavy atom. The van der Waals surface area contributed by atoms with Crippen molar-refractivity contribution in [3.05, 3.63) is 64.2 Å². The number of hydrogen-bond donors (Lipinski definition) is 2. The third kappa shape index (κ3) is 3.57. The molecule has 1 aliphatic carbocycles. The number of benzene rings is 2. The summed E-state index contributed by atoms with van der Waals surface area (Å²) in [6.07, 6.45) is 2.23. The molecular formula is C20H20ClN3O3S. The van der Waals surface area contributed by atoms with Crippen molar-refractivity contribution in [2.75, 3.05) is 0 Å². The molecule has 6 nitrogen and oxygen atoms in total. The predicted octanol–water partition coefficient (Wildman–Crippen LogP) is 2.43. The summed E-state index contributed by atoms with van der Waals surface area (Å²) in [5, 5.41) is 3.62. The third-order valence-electron chi connectivity index (χ3n) is 5.37. The van der Waals surface area contributed by atoms with Crippen LogP contribution in [-0.4, -0.2) is 25.4 Å². The highest BCUT2D eigenvalue weighted by Gasteiger charge is 2.35. The number of hydrazone groups is 1. The number of hydrogen-bond acceptors (Lipinski definition) is 5. The molecule has 0 radical (unpaired) electrons. The van der Waals surface area contributed by atoms with Crippen LogP contribution in [0.4, 0.5) is 0 Å². The summed E-state index contributed by atoms with van der Waals surface area (Å²) in [6.45, 7) is 0. The monoisotopic (exact) mass is 417 g/mol. The largest absolute Gasteiger partial charge is 0.315 e. The van der Waals surface area contributed by atoms with Gasteiger partial charge in [0.15, 0.2) is 9.84 Å². The SMILES string of the molecule is NC(C1Cc2ccc(C3=NNC(=O)CC3)cc2C1)S(=O)(=O)c1ccc(Cl)cc1. The van der Waals surface area contributed by atoms with E-state index in [1.165, 1.54) is 12.1 Å². The highest BCUT2D eigenvalue weighted by atomic mass is 35.5. The zero-order valence-electron chi connectivity index (χ0n) is 15.1. The molecule has 0 aromatic heterocycles. The summed E-state index contributed by atoms with van der Waals surface area (Å²) in [4.78, 5) is 11.5. The van der Waals surface area contributed by atoms with Gasteiger partial charge in [0.2, 0.25) is 5.91 Å². The van der Waals surface area contributed by atoms with Gasteiger partial charge in [0.1, 0.15) is 5.37 Å². The van der Waals surface area contributed by atoms with E-state index in [0.29, 0.717) is 30.7 Å². The smallest absolute Gasteiger partial charge is 0.240 e. The summed E-state index contributed by atoms with van der Waals surface area (Å²) in [7, 11) is -3.65. The first kappa shape index (κ1) is 19.1. The summed E-state index contributed by atoms with van der Waals surface area (Å²) < 4.78 is 25.8. The Bertz CT molecular complexity index is 1060. The normalized spacial score (nSPS) is 20.3. The molecule has 1 amide bonds. The molecule has 2 aliphatic rings. The number of rotatable bonds is 4. The predicted molar refractivity (Wildman–Crippen MR) is 108 cm³/mol. The van der Waals surface area contributed by atoms with Crippen LogP contribution in [0, 0.1) is 5.92 Å². The van der Waals surface area contributed by atoms with Crippen LogP contribution >= 0.6 is 11.6 Å².